The molecule has 1 aliphatic rings. The molecule has 2 heterocycles. The number of esters is 1. The van der Waals surface area contributed by atoms with Crippen LogP contribution in [0, 0.1) is 0 Å². The highest BCUT2D eigenvalue weighted by molar-refractivity contribution is 7.98. The Labute approximate surface area is 154 Å². The molecule has 2 rings (SSSR count). The molecule has 4 atom stereocenters. The molecule has 0 saturated carbocycles. The molecule has 4 N–H and O–H groups in total. The van der Waals surface area contributed by atoms with Gasteiger partial charge in [-0.3, -0.25) is 9.36 Å². The molecule has 0 spiro atoms. The van der Waals surface area contributed by atoms with Crippen LogP contribution in [0.1, 0.15) is 19.1 Å². The van der Waals surface area contributed by atoms with Gasteiger partial charge in [-0.05, 0) is 24.5 Å². The molecule has 11 heteroatoms. The first-order valence-corrected chi connectivity index (χ1v) is 9.32. The normalized spacial score (nSPS) is 23.4. The molecule has 1 aromatic rings. The van der Waals surface area contributed by atoms with Crippen LogP contribution in [-0.4, -0.2) is 63.9 Å². The van der Waals surface area contributed by atoms with Crippen LogP contribution in [0.4, 0.5) is 5.82 Å². The standard InChI is InChI=1S/C15H22N4O6S/c1-24-14(22)8(4-6-26-2)17-13(21)12-9(20)7-11(25-12)19-5-3-10(16)18-15(19)23/h3,5,8-9,11-12,20H,4,6-7H2,1-2H3,(H,17,21)(H2,16,18,23). The summed E-state index contributed by atoms with van der Waals surface area (Å²) in [4.78, 5) is 39.7. The Morgan fingerprint density at radius 2 is 2.35 bits per heavy atom. The number of nitrogens with one attached hydrogen (secondary N) is 1. The van der Waals surface area contributed by atoms with Gasteiger partial charge in [0.05, 0.1) is 13.2 Å². The molecule has 0 aromatic carbocycles. The number of nitrogens with zero attached hydrogens (tertiary/aromatic N) is 2. The second-order valence-corrected chi connectivity index (χ2v) is 6.71. The quantitative estimate of drug-likeness (QED) is 0.496. The molecule has 26 heavy (non-hydrogen) atoms. The largest absolute Gasteiger partial charge is 0.467 e. The van der Waals surface area contributed by atoms with E-state index in [-0.39, 0.29) is 12.2 Å². The SMILES string of the molecule is COC(=O)C(CCSC)NC(=O)C1OC(n2ccc(N)nc2=O)CC1O. The number of anilines is 1. The van der Waals surface area contributed by atoms with Gasteiger partial charge in [0.25, 0.3) is 5.91 Å². The fraction of sp³-hybridized carbons (Fsp3) is 0.600. The Kier molecular flexibility index (Phi) is 7.00. The highest BCUT2D eigenvalue weighted by Gasteiger charge is 2.41. The number of hydrogen-bond acceptors (Lipinski definition) is 9. The first-order chi connectivity index (χ1) is 12.4. The maximum Gasteiger partial charge on any atom is 0.351 e. The lowest BCUT2D eigenvalue weighted by Crippen LogP contribution is -2.48. The predicted molar refractivity (Wildman–Crippen MR) is 94.4 cm³/mol. The van der Waals surface area contributed by atoms with Gasteiger partial charge in [-0.2, -0.15) is 16.7 Å². The van der Waals surface area contributed by atoms with Crippen molar-refractivity contribution in [2.75, 3.05) is 24.9 Å². The van der Waals surface area contributed by atoms with Crippen LogP contribution in [0.5, 0.6) is 0 Å². The van der Waals surface area contributed by atoms with Gasteiger partial charge in [0.2, 0.25) is 0 Å². The third-order valence-corrected chi connectivity index (χ3v) is 4.57. The van der Waals surface area contributed by atoms with Crippen LogP contribution < -0.4 is 16.7 Å². The Morgan fingerprint density at radius 3 is 2.96 bits per heavy atom. The van der Waals surface area contributed by atoms with Crippen molar-refractivity contribution in [1.82, 2.24) is 14.9 Å². The number of hydrogen-bond donors (Lipinski definition) is 3. The van der Waals surface area contributed by atoms with Crippen LogP contribution >= 0.6 is 11.8 Å². The molecule has 4 unspecified atom stereocenters. The highest BCUT2D eigenvalue weighted by Crippen LogP contribution is 2.28. The molecule has 1 aliphatic heterocycles. The van der Waals surface area contributed by atoms with E-state index in [1.807, 2.05) is 6.26 Å². The van der Waals surface area contributed by atoms with Gasteiger partial charge in [-0.15, -0.1) is 0 Å². The van der Waals surface area contributed by atoms with E-state index in [2.05, 4.69) is 15.0 Å². The van der Waals surface area contributed by atoms with Crippen LogP contribution in [0.2, 0.25) is 0 Å². The number of ether oxygens (including phenoxy) is 2. The lowest BCUT2D eigenvalue weighted by molar-refractivity contribution is -0.148. The minimum atomic E-state index is -1.22. The summed E-state index contributed by atoms with van der Waals surface area (Å²) in [7, 11) is 1.23. The number of rotatable bonds is 7. The minimum Gasteiger partial charge on any atom is -0.467 e. The van der Waals surface area contributed by atoms with Crippen molar-refractivity contribution >= 4 is 29.5 Å². The number of nitrogens with two attached hydrogens (primary N) is 1. The van der Waals surface area contributed by atoms with Crippen LogP contribution in [-0.2, 0) is 19.1 Å². The number of amides is 1. The topological polar surface area (TPSA) is 146 Å². The maximum atomic E-state index is 12.4. The first kappa shape index (κ1) is 20.2. The summed E-state index contributed by atoms with van der Waals surface area (Å²) in [5, 5.41) is 12.7. The van der Waals surface area contributed by atoms with Crippen LogP contribution in [0.3, 0.4) is 0 Å². The molecular formula is C15H22N4O6S. The van der Waals surface area contributed by atoms with Gasteiger partial charge < -0.3 is 25.6 Å². The number of nitrogen functional groups attached to an aromatic ring is 1. The summed E-state index contributed by atoms with van der Waals surface area (Å²) in [6.45, 7) is 0. The average Bonchev–Trinajstić information content (AvgIpc) is 2.99. The second-order valence-electron chi connectivity index (χ2n) is 5.72. The molecule has 1 aromatic heterocycles. The van der Waals surface area contributed by atoms with Crippen LogP contribution in [0.15, 0.2) is 17.1 Å². The Bertz CT molecular complexity index is 712. The first-order valence-electron chi connectivity index (χ1n) is 7.92. The maximum absolute atomic E-state index is 12.4. The monoisotopic (exact) mass is 386 g/mol. The van der Waals surface area contributed by atoms with Gasteiger partial charge in [0.1, 0.15) is 18.1 Å². The third-order valence-electron chi connectivity index (χ3n) is 3.93. The number of aromatic nitrogens is 2. The van der Waals surface area contributed by atoms with Gasteiger partial charge in [-0.1, -0.05) is 0 Å². The summed E-state index contributed by atoms with van der Waals surface area (Å²) in [5.41, 5.74) is 4.80. The Morgan fingerprint density at radius 1 is 1.62 bits per heavy atom. The lowest BCUT2D eigenvalue weighted by atomic mass is 10.1. The van der Waals surface area contributed by atoms with E-state index in [1.165, 1.54) is 31.1 Å². The number of thioether (sulfide) groups is 1. The third kappa shape index (κ3) is 4.74. The van der Waals surface area contributed by atoms with Crippen molar-refractivity contribution < 1.29 is 24.2 Å². The van der Waals surface area contributed by atoms with Crippen LogP contribution in [0.25, 0.3) is 0 Å². The van der Waals surface area contributed by atoms with Crippen molar-refractivity contribution in [2.24, 2.45) is 0 Å². The zero-order valence-electron chi connectivity index (χ0n) is 14.5. The van der Waals surface area contributed by atoms with Crippen molar-refractivity contribution in [1.29, 1.82) is 0 Å². The smallest absolute Gasteiger partial charge is 0.351 e. The molecule has 144 valence electrons. The lowest BCUT2D eigenvalue weighted by Gasteiger charge is -2.20. The number of aliphatic hydroxyl groups excluding tert-OH is 1. The molecule has 0 radical (unpaired) electrons. The summed E-state index contributed by atoms with van der Waals surface area (Å²) in [5.74, 6) is -0.513. The van der Waals surface area contributed by atoms with Crippen molar-refractivity contribution in [3.8, 4) is 0 Å². The number of methoxy groups -OCH3 is 1. The summed E-state index contributed by atoms with van der Waals surface area (Å²) >= 11 is 1.52. The van der Waals surface area contributed by atoms with E-state index in [9.17, 15) is 19.5 Å². The molecular weight excluding hydrogens is 364 g/mol. The van der Waals surface area contributed by atoms with E-state index in [4.69, 9.17) is 10.5 Å². The van der Waals surface area contributed by atoms with Gasteiger partial charge >= 0.3 is 11.7 Å². The van der Waals surface area contributed by atoms with E-state index in [0.717, 1.165) is 4.57 Å². The molecule has 1 saturated heterocycles. The number of aliphatic hydroxyl groups is 1. The van der Waals surface area contributed by atoms with Gasteiger partial charge in [0, 0.05) is 12.6 Å². The molecule has 0 aliphatic carbocycles. The Balaban J connectivity index is 2.07. The van der Waals surface area contributed by atoms with Crippen molar-refractivity contribution in [3.05, 3.63) is 22.7 Å². The molecule has 1 amide bonds. The second kappa shape index (κ2) is 9.01. The zero-order chi connectivity index (χ0) is 19.3. The van der Waals surface area contributed by atoms with E-state index in [0.29, 0.717) is 12.2 Å². The Hall–Kier alpha value is -2.11. The number of carbonyl (C=O) groups is 2. The van der Waals surface area contributed by atoms with E-state index < -0.39 is 42.0 Å². The predicted octanol–water partition coefficient (Wildman–Crippen LogP) is -1.12. The summed E-state index contributed by atoms with van der Waals surface area (Å²) < 4.78 is 11.4. The summed E-state index contributed by atoms with van der Waals surface area (Å²) in [6.07, 6.45) is 0.462. The number of carbonyl (C=O) groups excluding carboxylic acids is 2. The molecule has 0 bridgehead atoms. The van der Waals surface area contributed by atoms with Crippen molar-refractivity contribution in [3.63, 3.8) is 0 Å². The van der Waals surface area contributed by atoms with Crippen molar-refractivity contribution in [2.45, 2.75) is 37.3 Å². The fourth-order valence-electron chi connectivity index (χ4n) is 2.59. The highest BCUT2D eigenvalue weighted by atomic mass is 32.2. The fourth-order valence-corrected chi connectivity index (χ4v) is 3.06. The van der Waals surface area contributed by atoms with E-state index in [1.54, 1.807) is 0 Å². The summed E-state index contributed by atoms with van der Waals surface area (Å²) in [6, 6.07) is 0.580. The van der Waals surface area contributed by atoms with Gasteiger partial charge in [0.15, 0.2) is 6.10 Å². The van der Waals surface area contributed by atoms with E-state index >= 15 is 0 Å². The average molecular weight is 386 g/mol. The van der Waals surface area contributed by atoms with Gasteiger partial charge in [-0.25, -0.2) is 9.59 Å². The molecule has 1 fully saturated rings. The molecule has 10 nitrogen and oxygen atoms in total. The zero-order valence-corrected chi connectivity index (χ0v) is 15.3. The minimum absolute atomic E-state index is 0.0251.